The number of hydrogen-bond acceptors (Lipinski definition) is 2. The summed E-state index contributed by atoms with van der Waals surface area (Å²) in [5.74, 6) is 0.196. The van der Waals surface area contributed by atoms with E-state index < -0.39 is 18.5 Å². The summed E-state index contributed by atoms with van der Waals surface area (Å²) >= 11 is 0. The van der Waals surface area contributed by atoms with Gasteiger partial charge in [0.15, 0.2) is 0 Å². The molecule has 1 aromatic carbocycles. The molecule has 0 spiro atoms. The van der Waals surface area contributed by atoms with Gasteiger partial charge in [0.25, 0.3) is 6.43 Å². The van der Waals surface area contributed by atoms with Crippen molar-refractivity contribution in [3.05, 3.63) is 42.1 Å². The minimum absolute atomic E-state index is 0.0497. The summed E-state index contributed by atoms with van der Waals surface area (Å²) in [7, 11) is 0. The molecule has 102 valence electrons. The number of aromatic nitrogens is 2. The third-order valence-corrected chi connectivity index (χ3v) is 3.08. The maximum atomic E-state index is 13.0. The molecule has 0 radical (unpaired) electrons. The molecular formula is C13H14F3N3. The molecule has 0 aliphatic rings. The van der Waals surface area contributed by atoms with Gasteiger partial charge >= 0.3 is 0 Å². The Morgan fingerprint density at radius 1 is 1.32 bits per heavy atom. The van der Waals surface area contributed by atoms with Crippen LogP contribution in [0.4, 0.5) is 19.0 Å². The van der Waals surface area contributed by atoms with Gasteiger partial charge in [-0.2, -0.15) is 5.10 Å². The van der Waals surface area contributed by atoms with Gasteiger partial charge in [-0.25, -0.2) is 17.9 Å². The SMILES string of the molecule is CC(CF)(c1cc(N)n(-c2ccccc2)n1)C(F)F. The Morgan fingerprint density at radius 3 is 2.47 bits per heavy atom. The number of nitrogens with two attached hydrogens (primary N) is 1. The summed E-state index contributed by atoms with van der Waals surface area (Å²) in [4.78, 5) is 0. The van der Waals surface area contributed by atoms with Crippen LogP contribution in [-0.2, 0) is 5.41 Å². The quantitative estimate of drug-likeness (QED) is 0.927. The summed E-state index contributed by atoms with van der Waals surface area (Å²) in [6.07, 6.45) is -2.85. The first-order chi connectivity index (χ1) is 8.99. The van der Waals surface area contributed by atoms with Crippen LogP contribution in [0.3, 0.4) is 0 Å². The summed E-state index contributed by atoms with van der Waals surface area (Å²) in [5.41, 5.74) is 4.41. The lowest BCUT2D eigenvalue weighted by Crippen LogP contribution is -2.34. The van der Waals surface area contributed by atoms with Crippen LogP contribution in [0.1, 0.15) is 12.6 Å². The zero-order valence-corrected chi connectivity index (χ0v) is 10.4. The number of nitrogens with zero attached hydrogens (tertiary/aromatic N) is 2. The smallest absolute Gasteiger partial charge is 0.252 e. The molecule has 2 N–H and O–H groups in total. The van der Waals surface area contributed by atoms with Gasteiger partial charge in [-0.3, -0.25) is 0 Å². The highest BCUT2D eigenvalue weighted by Crippen LogP contribution is 2.32. The maximum Gasteiger partial charge on any atom is 0.252 e. The van der Waals surface area contributed by atoms with E-state index >= 15 is 0 Å². The minimum atomic E-state index is -2.85. The molecule has 2 rings (SSSR count). The molecule has 0 bridgehead atoms. The molecule has 3 nitrogen and oxygen atoms in total. The molecule has 19 heavy (non-hydrogen) atoms. The van der Waals surface area contributed by atoms with E-state index in [0.717, 1.165) is 6.92 Å². The van der Waals surface area contributed by atoms with Crippen molar-refractivity contribution in [2.45, 2.75) is 18.8 Å². The zero-order chi connectivity index (χ0) is 14.0. The first-order valence-corrected chi connectivity index (χ1v) is 5.74. The fraction of sp³-hybridized carbons (Fsp3) is 0.308. The number of halogens is 3. The van der Waals surface area contributed by atoms with Crippen LogP contribution >= 0.6 is 0 Å². The van der Waals surface area contributed by atoms with Crippen LogP contribution in [-0.4, -0.2) is 22.9 Å². The average Bonchev–Trinajstić information content (AvgIpc) is 2.81. The lowest BCUT2D eigenvalue weighted by molar-refractivity contribution is 0.0413. The van der Waals surface area contributed by atoms with Crippen LogP contribution in [0.15, 0.2) is 36.4 Å². The second-order valence-corrected chi connectivity index (χ2v) is 4.55. The minimum Gasteiger partial charge on any atom is -0.384 e. The van der Waals surface area contributed by atoms with E-state index in [2.05, 4.69) is 5.10 Å². The fourth-order valence-electron chi connectivity index (χ4n) is 1.69. The van der Waals surface area contributed by atoms with Crippen LogP contribution in [0.2, 0.25) is 0 Å². The molecule has 0 aliphatic carbocycles. The van der Waals surface area contributed by atoms with E-state index in [1.54, 1.807) is 24.3 Å². The van der Waals surface area contributed by atoms with Gasteiger partial charge in [-0.1, -0.05) is 18.2 Å². The monoisotopic (exact) mass is 269 g/mol. The Morgan fingerprint density at radius 2 is 1.95 bits per heavy atom. The van der Waals surface area contributed by atoms with Crippen molar-refractivity contribution in [1.29, 1.82) is 0 Å². The Labute approximate surface area is 108 Å². The van der Waals surface area contributed by atoms with Gasteiger partial charge in [0.2, 0.25) is 0 Å². The topological polar surface area (TPSA) is 43.8 Å². The van der Waals surface area contributed by atoms with E-state index in [9.17, 15) is 13.2 Å². The Bertz CT molecular complexity index is 554. The predicted octanol–water partition coefficient (Wildman–Crippen LogP) is 2.95. The number of alkyl halides is 3. The third-order valence-electron chi connectivity index (χ3n) is 3.08. The number of hydrogen-bond donors (Lipinski definition) is 1. The molecule has 1 atom stereocenters. The van der Waals surface area contributed by atoms with Gasteiger partial charge in [0.05, 0.1) is 11.4 Å². The Balaban J connectivity index is 2.47. The molecular weight excluding hydrogens is 255 g/mol. The van der Waals surface area contributed by atoms with Crippen molar-refractivity contribution < 1.29 is 13.2 Å². The van der Waals surface area contributed by atoms with Gasteiger partial charge < -0.3 is 5.73 Å². The number of anilines is 1. The van der Waals surface area contributed by atoms with Gasteiger partial charge in [0, 0.05) is 6.07 Å². The van der Waals surface area contributed by atoms with E-state index in [0.29, 0.717) is 5.69 Å². The van der Waals surface area contributed by atoms with Crippen molar-refractivity contribution in [2.24, 2.45) is 0 Å². The van der Waals surface area contributed by atoms with Crippen LogP contribution in [0.25, 0.3) is 5.69 Å². The summed E-state index contributed by atoms with van der Waals surface area (Å²) in [5, 5.41) is 4.02. The average molecular weight is 269 g/mol. The van der Waals surface area contributed by atoms with Crippen LogP contribution in [0, 0.1) is 0 Å². The highest BCUT2D eigenvalue weighted by molar-refractivity contribution is 5.44. The lowest BCUT2D eigenvalue weighted by Gasteiger charge is -2.22. The molecule has 0 saturated heterocycles. The van der Waals surface area contributed by atoms with E-state index in [1.807, 2.05) is 6.07 Å². The van der Waals surface area contributed by atoms with Crippen molar-refractivity contribution in [3.63, 3.8) is 0 Å². The largest absolute Gasteiger partial charge is 0.384 e. The molecule has 2 aromatic rings. The molecule has 0 saturated carbocycles. The lowest BCUT2D eigenvalue weighted by atomic mass is 9.89. The van der Waals surface area contributed by atoms with Gasteiger partial charge in [-0.05, 0) is 19.1 Å². The number of benzene rings is 1. The summed E-state index contributed by atoms with van der Waals surface area (Å²) in [6, 6.07) is 10.1. The van der Waals surface area contributed by atoms with Crippen molar-refractivity contribution in [2.75, 3.05) is 12.4 Å². The third kappa shape index (κ3) is 2.30. The first kappa shape index (κ1) is 13.5. The highest BCUT2D eigenvalue weighted by Gasteiger charge is 2.40. The van der Waals surface area contributed by atoms with Gasteiger partial charge in [0.1, 0.15) is 17.9 Å². The van der Waals surface area contributed by atoms with Gasteiger partial charge in [-0.15, -0.1) is 0 Å². The highest BCUT2D eigenvalue weighted by atomic mass is 19.3. The first-order valence-electron chi connectivity index (χ1n) is 5.74. The van der Waals surface area contributed by atoms with E-state index in [1.165, 1.54) is 10.7 Å². The van der Waals surface area contributed by atoms with Crippen molar-refractivity contribution in [3.8, 4) is 5.69 Å². The van der Waals surface area contributed by atoms with Crippen molar-refractivity contribution in [1.82, 2.24) is 9.78 Å². The molecule has 1 heterocycles. The molecule has 1 aromatic heterocycles. The molecule has 0 amide bonds. The molecule has 6 heteroatoms. The van der Waals surface area contributed by atoms with Crippen LogP contribution < -0.4 is 5.73 Å². The van der Waals surface area contributed by atoms with Crippen molar-refractivity contribution >= 4 is 5.82 Å². The fourth-order valence-corrected chi connectivity index (χ4v) is 1.69. The number of para-hydroxylation sites is 1. The molecule has 0 aliphatic heterocycles. The zero-order valence-electron chi connectivity index (χ0n) is 10.4. The molecule has 0 fully saturated rings. The van der Waals surface area contributed by atoms with E-state index in [4.69, 9.17) is 5.73 Å². The normalized spacial score (nSPS) is 14.6. The summed E-state index contributed by atoms with van der Waals surface area (Å²) in [6.45, 7) is -0.0648. The van der Waals surface area contributed by atoms with Crippen LogP contribution in [0.5, 0.6) is 0 Å². The maximum absolute atomic E-state index is 13.0. The number of nitrogen functional groups attached to an aromatic ring is 1. The Kier molecular flexibility index (Phi) is 3.50. The van der Waals surface area contributed by atoms with E-state index in [-0.39, 0.29) is 11.5 Å². The molecule has 1 unspecified atom stereocenters. The summed E-state index contributed by atoms with van der Waals surface area (Å²) < 4.78 is 40.2. The second kappa shape index (κ2) is 4.95. The Hall–Kier alpha value is -1.98. The standard InChI is InChI=1S/C13H14F3N3/c1-13(8-14,12(15)16)10-7-11(17)19(18-10)9-5-3-2-4-6-9/h2-7,12H,8,17H2,1H3. The predicted molar refractivity (Wildman–Crippen MR) is 67.3 cm³/mol. The number of rotatable bonds is 4. The second-order valence-electron chi connectivity index (χ2n) is 4.55.